The van der Waals surface area contributed by atoms with Crippen LogP contribution in [0.2, 0.25) is 0 Å². The topological polar surface area (TPSA) is 148 Å². The first-order valence-electron chi connectivity index (χ1n) is 13.4. The molecule has 10 heteroatoms. The summed E-state index contributed by atoms with van der Waals surface area (Å²) in [5.74, 6) is -2.77. The second-order valence-corrected chi connectivity index (χ2v) is 11.2. The molecule has 0 aliphatic carbocycles. The normalized spacial score (nSPS) is 12.7. The summed E-state index contributed by atoms with van der Waals surface area (Å²) in [5, 5.41) is 14.6. The molecule has 0 spiro atoms. The van der Waals surface area contributed by atoms with Gasteiger partial charge < -0.3 is 25.2 Å². The maximum absolute atomic E-state index is 13.2. The van der Waals surface area contributed by atoms with Crippen LogP contribution in [0.1, 0.15) is 69.4 Å². The molecule has 0 radical (unpaired) electrons. The van der Waals surface area contributed by atoms with E-state index in [0.29, 0.717) is 22.6 Å². The van der Waals surface area contributed by atoms with E-state index < -0.39 is 48.7 Å². The molecule has 0 aliphatic rings. The standard InChI is InChI=1S/C31H40N2O8/c1-18(2)29(33-27(36)15-21-14-20(19(3)34)12-13-25(21)40-7)30(39)32-23(16-28(37)38)24(35)17-41-26-11-9-8-10-22(26)31(4,5)6/h8-14,18,23,29H,15-17H2,1-7H3,(H,32,39)(H,33,36)(H,37,38)/t23?,29-/m0/s1. The van der Waals surface area contributed by atoms with Crippen molar-refractivity contribution in [2.24, 2.45) is 5.92 Å². The first-order valence-corrected chi connectivity index (χ1v) is 13.4. The fourth-order valence-electron chi connectivity index (χ4n) is 4.21. The highest BCUT2D eigenvalue weighted by Crippen LogP contribution is 2.31. The Bertz CT molecular complexity index is 1280. The molecule has 2 amide bonds. The summed E-state index contributed by atoms with van der Waals surface area (Å²) in [4.78, 5) is 62.5. The third-order valence-corrected chi connectivity index (χ3v) is 6.45. The lowest BCUT2D eigenvalue weighted by atomic mass is 9.86. The van der Waals surface area contributed by atoms with Gasteiger partial charge in [0, 0.05) is 11.1 Å². The maximum atomic E-state index is 13.2. The van der Waals surface area contributed by atoms with Gasteiger partial charge >= 0.3 is 5.97 Å². The molecule has 3 N–H and O–H groups in total. The van der Waals surface area contributed by atoms with Gasteiger partial charge in [-0.2, -0.15) is 0 Å². The van der Waals surface area contributed by atoms with E-state index in [1.807, 2.05) is 32.9 Å². The summed E-state index contributed by atoms with van der Waals surface area (Å²) in [5.41, 5.74) is 1.50. The minimum Gasteiger partial charge on any atom is -0.496 e. The number of carboxylic acids is 1. The number of nitrogens with one attached hydrogen (secondary N) is 2. The van der Waals surface area contributed by atoms with Gasteiger partial charge in [-0.05, 0) is 48.1 Å². The smallest absolute Gasteiger partial charge is 0.305 e. The molecule has 2 rings (SSSR count). The number of para-hydroxylation sites is 1. The molecule has 222 valence electrons. The number of benzene rings is 2. The number of Topliss-reactive ketones (excluding diaryl/α,β-unsaturated/α-hetero) is 2. The molecule has 0 aliphatic heterocycles. The summed E-state index contributed by atoms with van der Waals surface area (Å²) < 4.78 is 11.1. The van der Waals surface area contributed by atoms with E-state index >= 15 is 0 Å². The molecule has 41 heavy (non-hydrogen) atoms. The van der Waals surface area contributed by atoms with Crippen LogP contribution in [0.4, 0.5) is 0 Å². The van der Waals surface area contributed by atoms with Gasteiger partial charge in [0.2, 0.25) is 11.8 Å². The monoisotopic (exact) mass is 568 g/mol. The van der Waals surface area contributed by atoms with E-state index in [1.54, 1.807) is 44.2 Å². The van der Waals surface area contributed by atoms with Crippen molar-refractivity contribution in [3.63, 3.8) is 0 Å². The Labute approximate surface area is 240 Å². The van der Waals surface area contributed by atoms with Crippen molar-refractivity contribution in [2.75, 3.05) is 13.7 Å². The minimum absolute atomic E-state index is 0.167. The molecule has 1 unspecified atom stereocenters. The Kier molecular flexibility index (Phi) is 11.6. The van der Waals surface area contributed by atoms with E-state index in [1.165, 1.54) is 14.0 Å². The maximum Gasteiger partial charge on any atom is 0.305 e. The van der Waals surface area contributed by atoms with Crippen molar-refractivity contribution in [3.05, 3.63) is 59.2 Å². The van der Waals surface area contributed by atoms with E-state index in [2.05, 4.69) is 10.6 Å². The van der Waals surface area contributed by atoms with Crippen LogP contribution in [0.5, 0.6) is 11.5 Å². The van der Waals surface area contributed by atoms with E-state index in [-0.39, 0.29) is 23.5 Å². The van der Waals surface area contributed by atoms with Crippen LogP contribution in [0.15, 0.2) is 42.5 Å². The van der Waals surface area contributed by atoms with Gasteiger partial charge in [-0.15, -0.1) is 0 Å². The number of carbonyl (C=O) groups is 5. The first-order chi connectivity index (χ1) is 19.1. The van der Waals surface area contributed by atoms with Crippen molar-refractivity contribution in [3.8, 4) is 11.5 Å². The average molecular weight is 569 g/mol. The fourth-order valence-corrected chi connectivity index (χ4v) is 4.21. The molecule has 0 heterocycles. The number of ether oxygens (including phenoxy) is 2. The largest absolute Gasteiger partial charge is 0.496 e. The zero-order valence-corrected chi connectivity index (χ0v) is 24.7. The highest BCUT2D eigenvalue weighted by atomic mass is 16.5. The second-order valence-electron chi connectivity index (χ2n) is 11.2. The quantitative estimate of drug-likeness (QED) is 0.293. The van der Waals surface area contributed by atoms with Crippen molar-refractivity contribution in [1.29, 1.82) is 0 Å². The summed E-state index contributed by atoms with van der Waals surface area (Å²) in [6.45, 7) is 10.4. The lowest BCUT2D eigenvalue weighted by Gasteiger charge is -2.25. The predicted octanol–water partition coefficient (Wildman–Crippen LogP) is 3.49. The molecule has 0 saturated carbocycles. The predicted molar refractivity (Wildman–Crippen MR) is 153 cm³/mol. The number of ketones is 2. The number of carbonyl (C=O) groups excluding carboxylic acids is 4. The number of aliphatic carboxylic acids is 1. The number of hydrogen-bond donors (Lipinski definition) is 3. The molecule has 2 aromatic carbocycles. The number of hydrogen-bond acceptors (Lipinski definition) is 7. The van der Waals surface area contributed by atoms with Crippen molar-refractivity contribution < 1.29 is 38.6 Å². The molecule has 0 aromatic heterocycles. The summed E-state index contributed by atoms with van der Waals surface area (Å²) in [7, 11) is 1.44. The Hall–Kier alpha value is -4.21. The SMILES string of the molecule is COc1ccc(C(C)=O)cc1CC(=O)N[C@H](C(=O)NC(CC(=O)O)C(=O)COc1ccccc1C(C)(C)C)C(C)C. The van der Waals surface area contributed by atoms with Crippen LogP contribution < -0.4 is 20.1 Å². The highest BCUT2D eigenvalue weighted by Gasteiger charge is 2.31. The Morgan fingerprint density at radius 1 is 0.951 bits per heavy atom. The van der Waals surface area contributed by atoms with E-state index in [9.17, 15) is 29.1 Å². The first kappa shape index (κ1) is 33.0. The molecular weight excluding hydrogens is 528 g/mol. The van der Waals surface area contributed by atoms with Crippen LogP contribution in [-0.2, 0) is 31.0 Å². The molecule has 2 atom stereocenters. The van der Waals surface area contributed by atoms with Crippen LogP contribution in [-0.4, -0.2) is 60.3 Å². The van der Waals surface area contributed by atoms with Crippen molar-refractivity contribution >= 4 is 29.4 Å². The zero-order valence-electron chi connectivity index (χ0n) is 24.7. The van der Waals surface area contributed by atoms with E-state index in [0.717, 1.165) is 5.56 Å². The van der Waals surface area contributed by atoms with Crippen LogP contribution in [0.25, 0.3) is 0 Å². The van der Waals surface area contributed by atoms with Crippen LogP contribution in [0, 0.1) is 5.92 Å². The fraction of sp³-hybridized carbons (Fsp3) is 0.452. The number of methoxy groups -OCH3 is 1. The lowest BCUT2D eigenvalue weighted by Crippen LogP contribution is -2.54. The van der Waals surface area contributed by atoms with Crippen LogP contribution in [0.3, 0.4) is 0 Å². The Morgan fingerprint density at radius 2 is 1.61 bits per heavy atom. The van der Waals surface area contributed by atoms with Gasteiger partial charge in [-0.25, -0.2) is 0 Å². The van der Waals surface area contributed by atoms with Gasteiger partial charge in [0.15, 0.2) is 11.6 Å². The van der Waals surface area contributed by atoms with E-state index in [4.69, 9.17) is 9.47 Å². The summed E-state index contributed by atoms with van der Waals surface area (Å²) in [6, 6.07) is 9.57. The summed E-state index contributed by atoms with van der Waals surface area (Å²) in [6.07, 6.45) is -0.818. The molecule has 0 bridgehead atoms. The number of carboxylic acid groups (broad SMARTS) is 1. The number of amides is 2. The summed E-state index contributed by atoms with van der Waals surface area (Å²) >= 11 is 0. The molecule has 2 aromatic rings. The average Bonchev–Trinajstić information content (AvgIpc) is 2.89. The molecule has 10 nitrogen and oxygen atoms in total. The van der Waals surface area contributed by atoms with Gasteiger partial charge in [0.25, 0.3) is 0 Å². The van der Waals surface area contributed by atoms with Gasteiger partial charge in [0.1, 0.15) is 30.2 Å². The molecular formula is C31H40N2O8. The highest BCUT2D eigenvalue weighted by molar-refractivity contribution is 5.96. The molecule has 0 fully saturated rings. The van der Waals surface area contributed by atoms with Gasteiger partial charge in [0.05, 0.1) is 20.0 Å². The van der Waals surface area contributed by atoms with Gasteiger partial charge in [-0.3, -0.25) is 24.0 Å². The zero-order chi connectivity index (χ0) is 30.9. The third kappa shape index (κ3) is 9.73. The van der Waals surface area contributed by atoms with Crippen molar-refractivity contribution in [2.45, 2.75) is 71.9 Å². The lowest BCUT2D eigenvalue weighted by molar-refractivity contribution is -0.141. The van der Waals surface area contributed by atoms with Crippen LogP contribution >= 0.6 is 0 Å². The second kappa shape index (κ2) is 14.4. The molecule has 0 saturated heterocycles. The van der Waals surface area contributed by atoms with Gasteiger partial charge in [-0.1, -0.05) is 52.8 Å². The van der Waals surface area contributed by atoms with Crippen molar-refractivity contribution in [1.82, 2.24) is 10.6 Å². The Balaban J connectivity index is 2.16. The minimum atomic E-state index is -1.37. The number of rotatable bonds is 14. The third-order valence-electron chi connectivity index (χ3n) is 6.45. The Morgan fingerprint density at radius 3 is 2.17 bits per heavy atom.